The maximum absolute atomic E-state index is 6.04. The predicted molar refractivity (Wildman–Crippen MR) is 57.2 cm³/mol. The van der Waals surface area contributed by atoms with E-state index in [9.17, 15) is 0 Å². The number of halogens is 1. The molecule has 1 aromatic heterocycles. The Bertz CT molecular complexity index is 434. The third-order valence-electron chi connectivity index (χ3n) is 2.03. The van der Waals surface area contributed by atoms with Gasteiger partial charge in [0.05, 0.1) is 5.02 Å². The Morgan fingerprint density at radius 2 is 2.21 bits per heavy atom. The van der Waals surface area contributed by atoms with Crippen LogP contribution in [0.5, 0.6) is 0 Å². The van der Waals surface area contributed by atoms with Gasteiger partial charge >= 0.3 is 0 Å². The minimum Gasteiger partial charge on any atom is -0.272 e. The van der Waals surface area contributed by atoms with Crippen molar-refractivity contribution in [3.63, 3.8) is 0 Å². The molecule has 0 aliphatic carbocycles. The van der Waals surface area contributed by atoms with Crippen molar-refractivity contribution in [1.82, 2.24) is 9.78 Å². The van der Waals surface area contributed by atoms with E-state index in [4.69, 9.17) is 11.6 Å². The Hall–Kier alpha value is -1.28. The highest BCUT2D eigenvalue weighted by molar-refractivity contribution is 6.33. The van der Waals surface area contributed by atoms with Gasteiger partial charge in [-0.2, -0.15) is 5.10 Å². The molecule has 2 aromatic rings. The second-order valence-electron chi connectivity index (χ2n) is 2.96. The summed E-state index contributed by atoms with van der Waals surface area (Å²) < 4.78 is 1.83. The molecule has 71 valence electrons. The summed E-state index contributed by atoms with van der Waals surface area (Å²) in [5.41, 5.74) is 1.74. The van der Waals surface area contributed by atoms with Crippen LogP contribution >= 0.6 is 11.6 Å². The highest BCUT2D eigenvalue weighted by Crippen LogP contribution is 2.25. The van der Waals surface area contributed by atoms with Gasteiger partial charge in [-0.3, -0.25) is 4.68 Å². The first-order valence-electron chi connectivity index (χ1n) is 4.51. The molecule has 3 heteroatoms. The molecule has 0 spiro atoms. The molecule has 0 bridgehead atoms. The van der Waals surface area contributed by atoms with E-state index < -0.39 is 0 Å². The molecular formula is C11H10ClN2. The number of rotatable bonds is 2. The molecule has 0 N–H and O–H groups in total. The second-order valence-corrected chi connectivity index (χ2v) is 3.36. The first kappa shape index (κ1) is 9.28. The lowest BCUT2D eigenvalue weighted by Crippen LogP contribution is -1.93. The molecule has 1 radical (unpaired) electrons. The van der Waals surface area contributed by atoms with Crippen LogP contribution in [-0.4, -0.2) is 9.78 Å². The van der Waals surface area contributed by atoms with Gasteiger partial charge in [0.25, 0.3) is 0 Å². The van der Waals surface area contributed by atoms with E-state index in [-0.39, 0.29) is 0 Å². The summed E-state index contributed by atoms with van der Waals surface area (Å²) >= 11 is 6.04. The average Bonchev–Trinajstić information content (AvgIpc) is 2.67. The van der Waals surface area contributed by atoms with Gasteiger partial charge in [0, 0.05) is 24.4 Å². The molecule has 1 heterocycles. The quantitative estimate of drug-likeness (QED) is 0.737. The van der Waals surface area contributed by atoms with Crippen LogP contribution in [0.4, 0.5) is 0 Å². The molecule has 2 nitrogen and oxygen atoms in total. The van der Waals surface area contributed by atoms with E-state index >= 15 is 0 Å². The SMILES string of the molecule is CCn1c[c]c(-c2ccccc2Cl)n1. The van der Waals surface area contributed by atoms with Crippen molar-refractivity contribution in [3.8, 4) is 11.3 Å². The van der Waals surface area contributed by atoms with Crippen molar-refractivity contribution in [2.45, 2.75) is 13.5 Å². The first-order valence-corrected chi connectivity index (χ1v) is 4.89. The molecule has 0 aliphatic heterocycles. The van der Waals surface area contributed by atoms with Gasteiger partial charge in [-0.05, 0) is 13.0 Å². The number of aryl methyl sites for hydroxylation is 1. The Morgan fingerprint density at radius 1 is 1.43 bits per heavy atom. The topological polar surface area (TPSA) is 17.8 Å². The van der Waals surface area contributed by atoms with Gasteiger partial charge in [0.15, 0.2) is 0 Å². The van der Waals surface area contributed by atoms with Crippen LogP contribution in [0, 0.1) is 6.07 Å². The molecule has 0 unspecified atom stereocenters. The lowest BCUT2D eigenvalue weighted by atomic mass is 10.2. The zero-order chi connectivity index (χ0) is 9.97. The summed E-state index contributed by atoms with van der Waals surface area (Å²) in [6, 6.07) is 10.7. The Labute approximate surface area is 88.1 Å². The van der Waals surface area contributed by atoms with Crippen LogP contribution in [0.2, 0.25) is 5.02 Å². The summed E-state index contributed by atoms with van der Waals surface area (Å²) in [4.78, 5) is 0. The van der Waals surface area contributed by atoms with Crippen molar-refractivity contribution >= 4 is 11.6 Å². The van der Waals surface area contributed by atoms with Gasteiger partial charge in [0.1, 0.15) is 5.69 Å². The van der Waals surface area contributed by atoms with E-state index in [0.29, 0.717) is 5.02 Å². The molecule has 0 saturated carbocycles. The fourth-order valence-corrected chi connectivity index (χ4v) is 1.49. The predicted octanol–water partition coefficient (Wildman–Crippen LogP) is 3.02. The van der Waals surface area contributed by atoms with E-state index in [1.54, 1.807) is 0 Å². The summed E-state index contributed by atoms with van der Waals surface area (Å²) in [5.74, 6) is 0. The number of benzene rings is 1. The number of hydrogen-bond donors (Lipinski definition) is 0. The average molecular weight is 206 g/mol. The van der Waals surface area contributed by atoms with Crippen LogP contribution < -0.4 is 0 Å². The van der Waals surface area contributed by atoms with Crippen molar-refractivity contribution in [1.29, 1.82) is 0 Å². The standard InChI is InChI=1S/C11H10ClN2/c1-2-14-8-7-11(13-14)9-5-3-4-6-10(9)12/h3-6,8H,2H2,1H3. The monoisotopic (exact) mass is 205 g/mol. The van der Waals surface area contributed by atoms with Crippen molar-refractivity contribution in [3.05, 3.63) is 41.6 Å². The Balaban J connectivity index is 2.44. The fourth-order valence-electron chi connectivity index (χ4n) is 1.27. The van der Waals surface area contributed by atoms with Crippen molar-refractivity contribution in [2.24, 2.45) is 0 Å². The summed E-state index contributed by atoms with van der Waals surface area (Å²) in [6.07, 6.45) is 1.83. The van der Waals surface area contributed by atoms with E-state index in [0.717, 1.165) is 17.8 Å². The summed E-state index contributed by atoms with van der Waals surface area (Å²) in [5, 5.41) is 5.05. The Morgan fingerprint density at radius 3 is 2.86 bits per heavy atom. The largest absolute Gasteiger partial charge is 0.272 e. The summed E-state index contributed by atoms with van der Waals surface area (Å²) in [6.45, 7) is 2.89. The molecule has 0 aliphatic rings. The lowest BCUT2D eigenvalue weighted by Gasteiger charge is -1.98. The normalized spacial score (nSPS) is 10.4. The van der Waals surface area contributed by atoms with Crippen LogP contribution in [0.25, 0.3) is 11.3 Å². The highest BCUT2D eigenvalue weighted by atomic mass is 35.5. The molecule has 2 rings (SSSR count). The minimum atomic E-state index is 0.713. The van der Waals surface area contributed by atoms with Gasteiger partial charge in [0.2, 0.25) is 0 Å². The molecule has 0 saturated heterocycles. The first-order chi connectivity index (χ1) is 6.81. The zero-order valence-electron chi connectivity index (χ0n) is 7.87. The van der Waals surface area contributed by atoms with Gasteiger partial charge < -0.3 is 0 Å². The van der Waals surface area contributed by atoms with E-state index in [1.807, 2.05) is 42.1 Å². The molecular weight excluding hydrogens is 196 g/mol. The molecule has 1 aromatic carbocycles. The maximum Gasteiger partial charge on any atom is 0.102 e. The lowest BCUT2D eigenvalue weighted by molar-refractivity contribution is 0.662. The fraction of sp³-hybridized carbons (Fsp3) is 0.182. The minimum absolute atomic E-state index is 0.713. The van der Waals surface area contributed by atoms with Gasteiger partial charge in [-0.1, -0.05) is 29.8 Å². The third-order valence-corrected chi connectivity index (χ3v) is 2.36. The van der Waals surface area contributed by atoms with Gasteiger partial charge in [-0.15, -0.1) is 0 Å². The Kier molecular flexibility index (Phi) is 2.55. The van der Waals surface area contributed by atoms with Crippen molar-refractivity contribution < 1.29 is 0 Å². The van der Waals surface area contributed by atoms with Crippen molar-refractivity contribution in [2.75, 3.05) is 0 Å². The highest BCUT2D eigenvalue weighted by Gasteiger charge is 2.05. The van der Waals surface area contributed by atoms with Gasteiger partial charge in [-0.25, -0.2) is 0 Å². The maximum atomic E-state index is 6.04. The number of aromatic nitrogens is 2. The van der Waals surface area contributed by atoms with Crippen LogP contribution in [-0.2, 0) is 6.54 Å². The van der Waals surface area contributed by atoms with E-state index in [2.05, 4.69) is 11.2 Å². The number of nitrogens with zero attached hydrogens (tertiary/aromatic N) is 2. The molecule has 14 heavy (non-hydrogen) atoms. The van der Waals surface area contributed by atoms with Crippen LogP contribution in [0.3, 0.4) is 0 Å². The third kappa shape index (κ3) is 1.66. The zero-order valence-corrected chi connectivity index (χ0v) is 8.62. The number of hydrogen-bond acceptors (Lipinski definition) is 1. The van der Waals surface area contributed by atoms with Crippen LogP contribution in [0.15, 0.2) is 30.5 Å². The molecule has 0 amide bonds. The second kappa shape index (κ2) is 3.84. The smallest absolute Gasteiger partial charge is 0.102 e. The molecule has 0 atom stereocenters. The van der Waals surface area contributed by atoms with Crippen LogP contribution in [0.1, 0.15) is 6.92 Å². The summed E-state index contributed by atoms with van der Waals surface area (Å²) in [7, 11) is 0. The molecule has 0 fully saturated rings. The van der Waals surface area contributed by atoms with E-state index in [1.165, 1.54) is 0 Å².